The molecular formula is C21H21Si3. The molecule has 0 saturated heterocycles. The van der Waals surface area contributed by atoms with E-state index in [0.29, 0.717) is 0 Å². The van der Waals surface area contributed by atoms with E-state index in [-0.39, 0.29) is 8.31 Å². The minimum atomic E-state index is -0.379. The summed E-state index contributed by atoms with van der Waals surface area (Å²) < 4.78 is 0. The van der Waals surface area contributed by atoms with Gasteiger partial charge in [-0.1, -0.05) is 108 Å². The molecule has 3 aromatic carbocycles. The summed E-state index contributed by atoms with van der Waals surface area (Å²) in [4.78, 5) is 0. The second-order valence-electron chi connectivity index (χ2n) is 5.89. The van der Waals surface area contributed by atoms with Crippen LogP contribution in [0.3, 0.4) is 0 Å². The zero-order chi connectivity index (χ0) is 16.5. The minimum Gasteiger partial charge on any atom is -0.0622 e. The van der Waals surface area contributed by atoms with Gasteiger partial charge in [0.2, 0.25) is 0 Å². The van der Waals surface area contributed by atoms with Crippen LogP contribution in [0.15, 0.2) is 91.0 Å². The molecule has 0 saturated carbocycles. The monoisotopic (exact) mass is 357 g/mol. The van der Waals surface area contributed by atoms with Gasteiger partial charge in [-0.25, -0.2) is 0 Å². The second kappa shape index (κ2) is 9.57. The van der Waals surface area contributed by atoms with Crippen molar-refractivity contribution in [3.63, 3.8) is 0 Å². The van der Waals surface area contributed by atoms with Gasteiger partial charge in [-0.2, -0.15) is 0 Å². The van der Waals surface area contributed by atoms with E-state index >= 15 is 0 Å². The summed E-state index contributed by atoms with van der Waals surface area (Å²) in [5.74, 6) is 0. The quantitative estimate of drug-likeness (QED) is 0.533. The van der Waals surface area contributed by atoms with Gasteiger partial charge in [0.25, 0.3) is 0 Å². The largest absolute Gasteiger partial charge is 0.0622 e. The average Bonchev–Trinajstić information content (AvgIpc) is 2.64. The van der Waals surface area contributed by atoms with E-state index < -0.39 is 0 Å². The highest BCUT2D eigenvalue weighted by atomic mass is 29.5. The second-order valence-corrected chi connectivity index (χ2v) is 14.9. The first kappa shape index (κ1) is 17.1. The topological polar surface area (TPSA) is 0 Å². The van der Waals surface area contributed by atoms with Crippen molar-refractivity contribution >= 4 is 25.9 Å². The first-order chi connectivity index (χ1) is 11.9. The van der Waals surface area contributed by atoms with Crippen LogP contribution >= 0.6 is 0 Å². The molecule has 3 aromatic rings. The lowest BCUT2D eigenvalue weighted by molar-refractivity contribution is 1.29. The van der Waals surface area contributed by atoms with Crippen molar-refractivity contribution in [2.24, 2.45) is 0 Å². The van der Waals surface area contributed by atoms with Gasteiger partial charge in [0.05, 0.1) is 0 Å². The zero-order valence-electron chi connectivity index (χ0n) is 13.8. The summed E-state index contributed by atoms with van der Waals surface area (Å²) in [5.41, 5.74) is 4.52. The maximum Gasteiger partial charge on any atom is 0.0403 e. The highest BCUT2D eigenvalue weighted by Gasteiger charge is 2.14. The summed E-state index contributed by atoms with van der Waals surface area (Å²) in [5, 5.41) is 0. The fourth-order valence-electron chi connectivity index (χ4n) is 2.70. The molecule has 3 rings (SSSR count). The molecule has 0 atom stereocenters. The molecule has 0 bridgehead atoms. The molecule has 117 valence electrons. The molecule has 0 spiro atoms. The number of rotatable bonds is 8. The van der Waals surface area contributed by atoms with Crippen molar-refractivity contribution in [1.82, 2.24) is 0 Å². The Hall–Kier alpha value is -1.69. The molecular weight excluding hydrogens is 336 g/mol. The first-order valence-electron chi connectivity index (χ1n) is 8.35. The van der Waals surface area contributed by atoms with E-state index in [9.17, 15) is 0 Å². The maximum absolute atomic E-state index is 2.29. The van der Waals surface area contributed by atoms with Gasteiger partial charge in [-0.3, -0.25) is 0 Å². The maximum atomic E-state index is 2.29. The van der Waals surface area contributed by atoms with Crippen molar-refractivity contribution in [1.29, 1.82) is 0 Å². The van der Waals surface area contributed by atoms with Gasteiger partial charge in [-0.05, 0) is 18.1 Å². The van der Waals surface area contributed by atoms with Crippen molar-refractivity contribution in [2.75, 3.05) is 0 Å². The molecule has 3 heteroatoms. The molecule has 0 aliphatic carbocycles. The third kappa shape index (κ3) is 5.74. The highest BCUT2D eigenvalue weighted by molar-refractivity contribution is 7.35. The summed E-state index contributed by atoms with van der Waals surface area (Å²) in [6.07, 6.45) is 0. The molecule has 0 aromatic heterocycles. The Kier molecular flexibility index (Phi) is 6.84. The Morgan fingerprint density at radius 2 is 0.958 bits per heavy atom. The first-order valence-corrected chi connectivity index (χ1v) is 14.5. The van der Waals surface area contributed by atoms with E-state index in [1.807, 2.05) is 0 Å². The summed E-state index contributed by atoms with van der Waals surface area (Å²) in [7, 11) is 1.82. The van der Waals surface area contributed by atoms with Gasteiger partial charge in [0.1, 0.15) is 0 Å². The van der Waals surface area contributed by atoms with Crippen molar-refractivity contribution in [3.8, 4) is 0 Å². The van der Waals surface area contributed by atoms with E-state index in [0.717, 1.165) is 17.6 Å². The zero-order valence-corrected chi connectivity index (χ0v) is 16.8. The van der Waals surface area contributed by atoms with Crippen LogP contribution in [0.5, 0.6) is 0 Å². The summed E-state index contributed by atoms with van der Waals surface area (Å²) in [6.45, 7) is 0. The van der Waals surface area contributed by atoms with Gasteiger partial charge in [-0.15, -0.1) is 0 Å². The van der Waals surface area contributed by atoms with Gasteiger partial charge in [0.15, 0.2) is 0 Å². The third-order valence-corrected chi connectivity index (χ3v) is 14.7. The fourth-order valence-corrected chi connectivity index (χ4v) is 13.3. The lowest BCUT2D eigenvalue weighted by Gasteiger charge is -2.15. The Bertz CT molecular complexity index is 657. The predicted molar refractivity (Wildman–Crippen MR) is 108 cm³/mol. The van der Waals surface area contributed by atoms with E-state index in [1.54, 1.807) is 0 Å². The molecule has 0 amide bonds. The van der Waals surface area contributed by atoms with Crippen LogP contribution in [0, 0.1) is 0 Å². The molecule has 0 N–H and O–H groups in total. The number of benzene rings is 3. The number of hydrogen-bond donors (Lipinski definition) is 0. The molecule has 0 fully saturated rings. The Morgan fingerprint density at radius 1 is 0.542 bits per heavy atom. The summed E-state index contributed by atoms with van der Waals surface area (Å²) >= 11 is 0. The Labute approximate surface area is 151 Å². The van der Waals surface area contributed by atoms with Gasteiger partial charge >= 0.3 is 0 Å². The van der Waals surface area contributed by atoms with Crippen LogP contribution in [0.4, 0.5) is 0 Å². The predicted octanol–water partition coefficient (Wildman–Crippen LogP) is 4.07. The minimum absolute atomic E-state index is 0.379. The van der Waals surface area contributed by atoms with Crippen LogP contribution in [0.2, 0.25) is 0 Å². The fraction of sp³-hybridized carbons (Fsp3) is 0.143. The Morgan fingerprint density at radius 3 is 1.42 bits per heavy atom. The average molecular weight is 358 g/mol. The molecule has 0 aliphatic rings. The van der Waals surface area contributed by atoms with Crippen LogP contribution in [0.25, 0.3) is 0 Å². The normalized spacial score (nSPS) is 10.9. The SMILES string of the molecule is c1ccc(C[Si][Si][Si](Cc2ccccc2)Cc2ccccc2)cc1. The molecule has 0 nitrogen and oxygen atoms in total. The number of hydrogen-bond acceptors (Lipinski definition) is 0. The molecule has 0 heterocycles. The van der Waals surface area contributed by atoms with Crippen LogP contribution in [-0.2, 0) is 18.1 Å². The summed E-state index contributed by atoms with van der Waals surface area (Å²) in [6, 6.07) is 36.9. The van der Waals surface area contributed by atoms with Crippen molar-refractivity contribution in [2.45, 2.75) is 18.1 Å². The molecule has 0 unspecified atom stereocenters. The van der Waals surface area contributed by atoms with Crippen molar-refractivity contribution in [3.05, 3.63) is 108 Å². The molecule has 0 aliphatic heterocycles. The lowest BCUT2D eigenvalue weighted by atomic mass is 10.2. The highest BCUT2D eigenvalue weighted by Crippen LogP contribution is 2.08. The van der Waals surface area contributed by atoms with E-state index in [4.69, 9.17) is 0 Å². The van der Waals surface area contributed by atoms with Crippen molar-refractivity contribution < 1.29 is 0 Å². The van der Waals surface area contributed by atoms with E-state index in [1.165, 1.54) is 34.8 Å². The van der Waals surface area contributed by atoms with Crippen LogP contribution < -0.4 is 0 Å². The standard InChI is InChI=1S/C21H21Si3/c1-4-10-19(11-5-1)16-22-23-24(17-20-12-6-2-7-13-20)18-21-14-8-3-9-15-21/h1-15H,16-18H2. The lowest BCUT2D eigenvalue weighted by Crippen LogP contribution is -2.34. The smallest absolute Gasteiger partial charge is 0.0403 e. The molecule has 24 heavy (non-hydrogen) atoms. The van der Waals surface area contributed by atoms with E-state index in [2.05, 4.69) is 91.0 Å². The Balaban J connectivity index is 1.60. The van der Waals surface area contributed by atoms with Gasteiger partial charge < -0.3 is 0 Å². The molecule has 5 radical (unpaired) electrons. The van der Waals surface area contributed by atoms with Crippen LogP contribution in [-0.4, -0.2) is 25.9 Å². The van der Waals surface area contributed by atoms with Crippen LogP contribution in [0.1, 0.15) is 16.7 Å². The van der Waals surface area contributed by atoms with Gasteiger partial charge in [0, 0.05) is 25.9 Å². The third-order valence-electron chi connectivity index (χ3n) is 3.92.